The van der Waals surface area contributed by atoms with E-state index in [1.807, 2.05) is 0 Å². The predicted octanol–water partition coefficient (Wildman–Crippen LogP) is 6.71. The second-order valence-electron chi connectivity index (χ2n) is 7.48. The van der Waals surface area contributed by atoms with Crippen molar-refractivity contribution < 1.29 is 4.58 Å². The third-order valence-electron chi connectivity index (χ3n) is 5.27. The summed E-state index contributed by atoms with van der Waals surface area (Å²) in [6.45, 7) is 23.0. The average Bonchev–Trinajstić information content (AvgIpc) is 2.56. The van der Waals surface area contributed by atoms with Gasteiger partial charge in [0.1, 0.15) is 0 Å². The third kappa shape index (κ3) is 3.35. The number of hydrogen-bond acceptors (Lipinski definition) is 1. The van der Waals surface area contributed by atoms with Crippen LogP contribution >= 0.6 is 11.8 Å². The van der Waals surface area contributed by atoms with Crippen LogP contribution in [0.3, 0.4) is 0 Å². The van der Waals surface area contributed by atoms with Crippen LogP contribution in [0.1, 0.15) is 47.2 Å². The van der Waals surface area contributed by atoms with Crippen LogP contribution in [-0.2, 0) is 0 Å². The quantitative estimate of drug-likeness (QED) is 0.418. The van der Waals surface area contributed by atoms with E-state index >= 15 is 0 Å². The first-order valence-corrected chi connectivity index (χ1v) is 10.2. The van der Waals surface area contributed by atoms with Gasteiger partial charge in [-0.15, -0.1) is 0 Å². The summed E-state index contributed by atoms with van der Waals surface area (Å²) in [6, 6.07) is 10.8. The molecule has 138 valence electrons. The van der Waals surface area contributed by atoms with Gasteiger partial charge in [0.15, 0.2) is 5.71 Å². The lowest BCUT2D eigenvalue weighted by Crippen LogP contribution is -2.28. The molecule has 0 fully saturated rings. The lowest BCUT2D eigenvalue weighted by atomic mass is 9.98. The van der Waals surface area contributed by atoms with Gasteiger partial charge in [0, 0.05) is 29.9 Å². The maximum atomic E-state index is 7.92. The van der Waals surface area contributed by atoms with Crippen molar-refractivity contribution in [2.24, 2.45) is 0 Å². The molecule has 1 heterocycles. The van der Waals surface area contributed by atoms with E-state index in [0.717, 1.165) is 16.3 Å². The van der Waals surface area contributed by atoms with Crippen molar-refractivity contribution in [3.05, 3.63) is 80.8 Å². The molecule has 2 aromatic carbocycles. The number of aryl methyl sites for hydroxylation is 5. The van der Waals surface area contributed by atoms with Crippen LogP contribution in [-0.4, -0.2) is 15.7 Å². The zero-order valence-electron chi connectivity index (χ0n) is 17.3. The summed E-state index contributed by atoms with van der Waals surface area (Å²) >= 11 is 1.80. The molecule has 1 unspecified atom stereocenters. The van der Waals surface area contributed by atoms with Crippen molar-refractivity contribution in [3.63, 3.8) is 0 Å². The number of nitrogens with zero attached hydrogens (tertiary/aromatic N) is 2. The third-order valence-corrected chi connectivity index (χ3v) is 6.45. The van der Waals surface area contributed by atoms with E-state index in [2.05, 4.69) is 88.2 Å². The molecule has 3 heteroatoms. The molecular formula is C24H27N2S+. The molecule has 0 amide bonds. The number of hydrogen-bond donors (Lipinski definition) is 0. The van der Waals surface area contributed by atoms with Gasteiger partial charge in [-0.2, -0.15) is 4.58 Å². The highest BCUT2D eigenvalue weighted by Crippen LogP contribution is 2.44. The smallest absolute Gasteiger partial charge is 0.230 e. The van der Waals surface area contributed by atoms with Gasteiger partial charge in [0.05, 0.1) is 6.57 Å². The molecule has 1 atom stereocenters. The number of benzene rings is 2. The lowest BCUT2D eigenvalue weighted by molar-refractivity contribution is -0.453. The Labute approximate surface area is 167 Å². The first-order chi connectivity index (χ1) is 12.8. The van der Waals surface area contributed by atoms with Crippen molar-refractivity contribution in [1.29, 1.82) is 0 Å². The molecule has 1 aliphatic rings. The van der Waals surface area contributed by atoms with Gasteiger partial charge in [0.2, 0.25) is 11.1 Å². The topological polar surface area (TPSA) is 7.37 Å². The average molecular weight is 376 g/mol. The van der Waals surface area contributed by atoms with Crippen LogP contribution in [0.5, 0.6) is 0 Å². The number of allylic oxidation sites excluding steroid dienone is 1. The summed E-state index contributed by atoms with van der Waals surface area (Å²) in [5, 5.41) is 0.227. The Kier molecular flexibility index (Phi) is 5.31. The summed E-state index contributed by atoms with van der Waals surface area (Å²) < 4.78 is 2.34. The van der Waals surface area contributed by atoms with Crippen LogP contribution in [0.25, 0.3) is 9.75 Å². The minimum absolute atomic E-state index is 0.227. The van der Waals surface area contributed by atoms with Crippen LogP contribution in [0, 0.1) is 41.2 Å². The summed E-state index contributed by atoms with van der Waals surface area (Å²) in [6.07, 6.45) is 0. The summed E-state index contributed by atoms with van der Waals surface area (Å²) in [4.78, 5) is 5.11. The second-order valence-corrected chi connectivity index (χ2v) is 8.80. The number of thioether (sulfide) groups is 1. The second kappa shape index (κ2) is 7.37. The van der Waals surface area contributed by atoms with E-state index in [1.165, 1.54) is 39.1 Å². The van der Waals surface area contributed by atoms with E-state index in [-0.39, 0.29) is 5.37 Å². The summed E-state index contributed by atoms with van der Waals surface area (Å²) in [7, 11) is 0. The summed E-state index contributed by atoms with van der Waals surface area (Å²) in [5.41, 5.74) is 10.5. The fraction of sp³-hybridized carbons (Fsp3) is 0.333. The van der Waals surface area contributed by atoms with E-state index in [4.69, 9.17) is 6.57 Å². The standard InChI is InChI=1S/C24H27N2S/c1-14-12-17(4)21(18(5)13-14)24-22(25-8)19(6)26(20(7)27-24)23-15(2)10-9-11-16(23)3/h9-13,20H,1-7H3/q+1. The molecule has 2 aromatic rings. The molecule has 0 radical (unpaired) electrons. The minimum Gasteiger partial charge on any atom is -0.230 e. The monoisotopic (exact) mass is 375 g/mol. The van der Waals surface area contributed by atoms with Crippen molar-refractivity contribution >= 4 is 28.1 Å². The lowest BCUT2D eigenvalue weighted by Gasteiger charge is -2.25. The van der Waals surface area contributed by atoms with E-state index in [1.54, 1.807) is 11.8 Å². The maximum Gasteiger partial charge on any atom is 0.265 e. The van der Waals surface area contributed by atoms with E-state index in [9.17, 15) is 0 Å². The van der Waals surface area contributed by atoms with Crippen LogP contribution in [0.4, 0.5) is 5.69 Å². The Bertz CT molecular complexity index is 992. The Morgan fingerprint density at radius 3 is 2.00 bits per heavy atom. The maximum absolute atomic E-state index is 7.92. The highest BCUT2D eigenvalue weighted by atomic mass is 32.2. The molecule has 0 spiro atoms. The predicted molar refractivity (Wildman–Crippen MR) is 118 cm³/mol. The van der Waals surface area contributed by atoms with Crippen LogP contribution in [0.2, 0.25) is 0 Å². The van der Waals surface area contributed by atoms with Crippen LogP contribution in [0.15, 0.2) is 36.0 Å². The Balaban J connectivity index is 2.31. The number of para-hydroxylation sites is 1. The molecule has 0 bridgehead atoms. The van der Waals surface area contributed by atoms with E-state index < -0.39 is 0 Å². The Morgan fingerprint density at radius 1 is 0.926 bits per heavy atom. The van der Waals surface area contributed by atoms with Gasteiger partial charge < -0.3 is 0 Å². The Hall–Kier alpha value is -2.31. The van der Waals surface area contributed by atoms with Gasteiger partial charge in [-0.1, -0.05) is 47.7 Å². The van der Waals surface area contributed by atoms with Gasteiger partial charge in [-0.25, -0.2) is 4.85 Å². The van der Waals surface area contributed by atoms with Crippen molar-refractivity contribution in [2.75, 3.05) is 0 Å². The Morgan fingerprint density at radius 2 is 1.48 bits per heavy atom. The van der Waals surface area contributed by atoms with Crippen LogP contribution < -0.4 is 0 Å². The molecule has 27 heavy (non-hydrogen) atoms. The highest BCUT2D eigenvalue weighted by Gasteiger charge is 2.36. The van der Waals surface area contributed by atoms with Crippen molar-refractivity contribution in [2.45, 2.75) is 53.8 Å². The fourth-order valence-corrected chi connectivity index (χ4v) is 5.67. The molecule has 1 aliphatic heterocycles. The first kappa shape index (κ1) is 19.5. The summed E-state index contributed by atoms with van der Waals surface area (Å²) in [5.74, 6) is 0. The largest absolute Gasteiger partial charge is 0.265 e. The first-order valence-electron chi connectivity index (χ1n) is 9.32. The molecule has 0 saturated heterocycles. The molecule has 0 aliphatic carbocycles. The van der Waals surface area contributed by atoms with Gasteiger partial charge in [0.25, 0.3) is 5.70 Å². The normalized spacial score (nSPS) is 17.3. The minimum atomic E-state index is 0.227. The molecule has 3 rings (SSSR count). The molecule has 2 nitrogen and oxygen atoms in total. The van der Waals surface area contributed by atoms with E-state index in [0.29, 0.717) is 0 Å². The molecule has 0 N–H and O–H groups in total. The number of rotatable bonds is 2. The van der Waals surface area contributed by atoms with Gasteiger partial charge >= 0.3 is 0 Å². The van der Waals surface area contributed by atoms with Gasteiger partial charge in [-0.05, 0) is 51.3 Å². The van der Waals surface area contributed by atoms with Crippen molar-refractivity contribution in [3.8, 4) is 0 Å². The SMILES string of the molecule is [C-]#[N+]C1=C(c2c(C)cc(C)cc2C)SC(C)[N+](c2c(C)cccc2C)=C1C. The van der Waals surface area contributed by atoms with Crippen molar-refractivity contribution in [1.82, 2.24) is 0 Å². The highest BCUT2D eigenvalue weighted by molar-refractivity contribution is 8.08. The zero-order valence-corrected chi connectivity index (χ0v) is 18.1. The zero-order chi connectivity index (χ0) is 19.9. The van der Waals surface area contributed by atoms with Gasteiger partial charge in [-0.3, -0.25) is 0 Å². The molecule has 0 saturated carbocycles. The molecule has 0 aromatic heterocycles. The molecular weight excluding hydrogens is 348 g/mol. The fourth-order valence-electron chi connectivity index (χ4n) is 4.21.